The van der Waals surface area contributed by atoms with Gasteiger partial charge < -0.3 is 5.32 Å². The Labute approximate surface area is 173 Å². The molecule has 0 heterocycles. The molecule has 0 saturated carbocycles. The molecule has 0 aliphatic rings. The number of benzene rings is 3. The lowest BCUT2D eigenvalue weighted by Gasteiger charge is -2.11. The predicted molar refractivity (Wildman–Crippen MR) is 112 cm³/mol. The molecule has 3 rings (SSSR count). The number of nitrogens with one attached hydrogen (secondary N) is 2. The molecule has 28 heavy (non-hydrogen) atoms. The zero-order chi connectivity index (χ0) is 20.1. The number of para-hydroxylation sites is 1. The van der Waals surface area contributed by atoms with E-state index in [0.717, 1.165) is 0 Å². The molecular formula is C20H16Cl2N2O3S. The Kier molecular flexibility index (Phi) is 6.24. The second kappa shape index (κ2) is 8.65. The first-order chi connectivity index (χ1) is 13.3. The zero-order valence-electron chi connectivity index (χ0n) is 14.5. The smallest absolute Gasteiger partial charge is 0.262 e. The summed E-state index contributed by atoms with van der Waals surface area (Å²) in [5.41, 5.74) is 1.32. The number of sulfonamides is 1. The summed E-state index contributed by atoms with van der Waals surface area (Å²) in [6.45, 7) is 0. The maximum Gasteiger partial charge on any atom is 0.262 e. The molecule has 0 atom stereocenters. The second-order valence-electron chi connectivity index (χ2n) is 5.93. The van der Waals surface area contributed by atoms with Gasteiger partial charge in [0, 0.05) is 10.7 Å². The fourth-order valence-corrected chi connectivity index (χ4v) is 4.08. The molecule has 1 amide bonds. The van der Waals surface area contributed by atoms with Gasteiger partial charge in [-0.3, -0.25) is 9.52 Å². The second-order valence-corrected chi connectivity index (χ2v) is 8.43. The van der Waals surface area contributed by atoms with E-state index in [-0.39, 0.29) is 27.9 Å². The average molecular weight is 435 g/mol. The third-order valence-electron chi connectivity index (χ3n) is 3.86. The molecule has 3 aromatic carbocycles. The summed E-state index contributed by atoms with van der Waals surface area (Å²) in [4.78, 5) is 12.3. The van der Waals surface area contributed by atoms with Crippen LogP contribution in [-0.4, -0.2) is 14.3 Å². The molecule has 0 bridgehead atoms. The number of rotatable bonds is 6. The van der Waals surface area contributed by atoms with Crippen LogP contribution in [0.15, 0.2) is 77.7 Å². The van der Waals surface area contributed by atoms with E-state index in [2.05, 4.69) is 10.0 Å². The third kappa shape index (κ3) is 5.04. The Hall–Kier alpha value is -2.54. The maximum atomic E-state index is 12.6. The highest BCUT2D eigenvalue weighted by Crippen LogP contribution is 2.25. The molecule has 0 aliphatic heterocycles. The van der Waals surface area contributed by atoms with Crippen LogP contribution in [-0.2, 0) is 21.2 Å². The van der Waals surface area contributed by atoms with E-state index in [4.69, 9.17) is 23.2 Å². The predicted octanol–water partition coefficient (Wildman–Crippen LogP) is 4.98. The van der Waals surface area contributed by atoms with Gasteiger partial charge in [0.1, 0.15) is 0 Å². The summed E-state index contributed by atoms with van der Waals surface area (Å²) < 4.78 is 27.7. The van der Waals surface area contributed by atoms with Crippen molar-refractivity contribution in [3.63, 3.8) is 0 Å². The topological polar surface area (TPSA) is 75.3 Å². The van der Waals surface area contributed by atoms with Crippen LogP contribution in [0.5, 0.6) is 0 Å². The lowest BCUT2D eigenvalue weighted by molar-refractivity contribution is -0.115. The van der Waals surface area contributed by atoms with Crippen LogP contribution >= 0.6 is 23.2 Å². The van der Waals surface area contributed by atoms with Crippen molar-refractivity contribution in [2.45, 2.75) is 11.3 Å². The van der Waals surface area contributed by atoms with Gasteiger partial charge in [-0.2, -0.15) is 0 Å². The minimum Gasteiger partial charge on any atom is -0.326 e. The number of hydrogen-bond acceptors (Lipinski definition) is 3. The minimum atomic E-state index is -3.87. The number of amides is 1. The summed E-state index contributed by atoms with van der Waals surface area (Å²) in [5, 5.41) is 3.47. The van der Waals surface area contributed by atoms with E-state index < -0.39 is 10.0 Å². The summed E-state index contributed by atoms with van der Waals surface area (Å²) in [6.07, 6.45) is 0.0779. The molecular weight excluding hydrogens is 419 g/mol. The fraction of sp³-hybridized carbons (Fsp3) is 0.0500. The van der Waals surface area contributed by atoms with E-state index in [0.29, 0.717) is 16.3 Å². The molecule has 5 nitrogen and oxygen atoms in total. The molecule has 2 N–H and O–H groups in total. The van der Waals surface area contributed by atoms with Crippen LogP contribution in [0.4, 0.5) is 11.4 Å². The molecule has 0 aromatic heterocycles. The standard InChI is InChI=1S/C20H16Cl2N2O3S/c21-17-9-2-1-6-14(17)12-20(25)23-15-7-5-8-16(13-15)28(26,27)24-19-11-4-3-10-18(19)22/h1-11,13,24H,12H2,(H,23,25). The Morgan fingerprint density at radius 2 is 1.54 bits per heavy atom. The largest absolute Gasteiger partial charge is 0.326 e. The average Bonchev–Trinajstić information content (AvgIpc) is 2.65. The number of halogens is 2. The van der Waals surface area contributed by atoms with Gasteiger partial charge in [0.15, 0.2) is 0 Å². The molecule has 144 valence electrons. The first kappa shape index (κ1) is 20.2. The summed E-state index contributed by atoms with van der Waals surface area (Å²) in [5.74, 6) is -0.304. The van der Waals surface area contributed by atoms with Crippen molar-refractivity contribution in [3.8, 4) is 0 Å². The Balaban J connectivity index is 1.75. The molecule has 8 heteroatoms. The molecule has 3 aromatic rings. The van der Waals surface area contributed by atoms with Crippen LogP contribution in [0.3, 0.4) is 0 Å². The van der Waals surface area contributed by atoms with E-state index in [1.165, 1.54) is 12.1 Å². The molecule has 0 radical (unpaired) electrons. The highest BCUT2D eigenvalue weighted by atomic mass is 35.5. The van der Waals surface area contributed by atoms with Crippen molar-refractivity contribution in [2.75, 3.05) is 10.0 Å². The maximum absolute atomic E-state index is 12.6. The zero-order valence-corrected chi connectivity index (χ0v) is 16.9. The van der Waals surface area contributed by atoms with Crippen molar-refractivity contribution in [3.05, 3.63) is 88.4 Å². The SMILES string of the molecule is O=C(Cc1ccccc1Cl)Nc1cccc(S(=O)(=O)Nc2ccccc2Cl)c1. The number of carbonyl (C=O) groups is 1. The fourth-order valence-electron chi connectivity index (χ4n) is 2.51. The number of carbonyl (C=O) groups excluding carboxylic acids is 1. The molecule has 0 unspecified atom stereocenters. The van der Waals surface area contributed by atoms with Crippen molar-refractivity contribution in [1.82, 2.24) is 0 Å². The van der Waals surface area contributed by atoms with Gasteiger partial charge in [0.05, 0.1) is 22.0 Å². The van der Waals surface area contributed by atoms with Crippen molar-refractivity contribution in [1.29, 1.82) is 0 Å². The van der Waals surface area contributed by atoms with E-state index in [1.54, 1.807) is 60.7 Å². The molecule has 0 aliphatic carbocycles. The van der Waals surface area contributed by atoms with Crippen LogP contribution in [0.25, 0.3) is 0 Å². The number of hydrogen-bond donors (Lipinski definition) is 2. The Bertz CT molecular complexity index is 1120. The van der Waals surface area contributed by atoms with Crippen LogP contribution in [0.2, 0.25) is 10.0 Å². The van der Waals surface area contributed by atoms with Gasteiger partial charge in [-0.15, -0.1) is 0 Å². The van der Waals surface area contributed by atoms with Crippen molar-refractivity contribution >= 4 is 50.5 Å². The van der Waals surface area contributed by atoms with Crippen molar-refractivity contribution in [2.24, 2.45) is 0 Å². The monoisotopic (exact) mass is 434 g/mol. The first-order valence-electron chi connectivity index (χ1n) is 8.26. The van der Waals surface area contributed by atoms with Gasteiger partial charge in [0.25, 0.3) is 10.0 Å². The third-order valence-corrected chi connectivity index (χ3v) is 5.92. The Morgan fingerprint density at radius 1 is 0.857 bits per heavy atom. The minimum absolute atomic E-state index is 0.00274. The van der Waals surface area contributed by atoms with E-state index in [9.17, 15) is 13.2 Å². The molecule has 0 spiro atoms. The van der Waals surface area contributed by atoms with Crippen LogP contribution in [0, 0.1) is 0 Å². The van der Waals surface area contributed by atoms with Gasteiger partial charge >= 0.3 is 0 Å². The lowest BCUT2D eigenvalue weighted by atomic mass is 10.1. The van der Waals surface area contributed by atoms with Gasteiger partial charge in [-0.25, -0.2) is 8.42 Å². The lowest BCUT2D eigenvalue weighted by Crippen LogP contribution is -2.16. The highest BCUT2D eigenvalue weighted by molar-refractivity contribution is 7.92. The summed E-state index contributed by atoms with van der Waals surface area (Å²) >= 11 is 12.1. The van der Waals surface area contributed by atoms with Gasteiger partial charge in [-0.05, 0) is 42.0 Å². The molecule has 0 fully saturated rings. The summed E-state index contributed by atoms with van der Waals surface area (Å²) in [6, 6.07) is 19.5. The quantitative estimate of drug-likeness (QED) is 0.574. The number of anilines is 2. The van der Waals surface area contributed by atoms with Crippen LogP contribution in [0.1, 0.15) is 5.56 Å². The summed E-state index contributed by atoms with van der Waals surface area (Å²) in [7, 11) is -3.87. The van der Waals surface area contributed by atoms with Crippen LogP contribution < -0.4 is 10.0 Å². The van der Waals surface area contributed by atoms with E-state index >= 15 is 0 Å². The molecule has 0 saturated heterocycles. The first-order valence-corrected chi connectivity index (χ1v) is 10.5. The highest BCUT2D eigenvalue weighted by Gasteiger charge is 2.16. The van der Waals surface area contributed by atoms with Crippen molar-refractivity contribution < 1.29 is 13.2 Å². The van der Waals surface area contributed by atoms with Gasteiger partial charge in [-0.1, -0.05) is 59.6 Å². The van der Waals surface area contributed by atoms with Gasteiger partial charge in [0.2, 0.25) is 5.91 Å². The normalized spacial score (nSPS) is 11.1. The Morgan fingerprint density at radius 3 is 2.25 bits per heavy atom. The van der Waals surface area contributed by atoms with E-state index in [1.807, 2.05) is 0 Å².